The number of carboxylic acid groups (broad SMARTS) is 1. The zero-order chi connectivity index (χ0) is 34.7. The average Bonchev–Trinajstić information content (AvgIpc) is 3.64. The Kier molecular flexibility index (Phi) is 12.9. The van der Waals surface area contributed by atoms with Crippen molar-refractivity contribution in [1.29, 1.82) is 0 Å². The number of aromatic nitrogens is 3. The fourth-order valence-corrected chi connectivity index (χ4v) is 4.92. The third kappa shape index (κ3) is 10.3. The number of aliphatic carboxylic acids is 1. The maximum Gasteiger partial charge on any atom is 0.490 e. The number of methoxy groups -OCH3 is 2. The van der Waals surface area contributed by atoms with Crippen LogP contribution < -0.4 is 14.8 Å². The lowest BCUT2D eigenvalue weighted by molar-refractivity contribution is -0.192. The highest BCUT2D eigenvalue weighted by Gasteiger charge is 2.38. The van der Waals surface area contributed by atoms with Crippen LogP contribution >= 0.6 is 0 Å². The first kappa shape index (κ1) is 36.6. The summed E-state index contributed by atoms with van der Waals surface area (Å²) in [5.74, 6) is -1.37. The lowest BCUT2D eigenvalue weighted by Gasteiger charge is -2.17. The van der Waals surface area contributed by atoms with Gasteiger partial charge in [0.15, 0.2) is 0 Å². The van der Waals surface area contributed by atoms with Gasteiger partial charge in [-0.3, -0.25) is 9.59 Å². The number of ketones is 1. The van der Waals surface area contributed by atoms with Crippen LogP contribution in [0.25, 0.3) is 22.2 Å². The summed E-state index contributed by atoms with van der Waals surface area (Å²) < 4.78 is 56.9. The number of rotatable bonds is 14. The number of carbonyl (C=O) groups is 3. The molecule has 1 atom stereocenters. The molecule has 14 heteroatoms. The number of imidazole rings is 1. The zero-order valence-corrected chi connectivity index (χ0v) is 26.5. The van der Waals surface area contributed by atoms with Crippen LogP contribution in [0.4, 0.5) is 17.6 Å². The number of ether oxygens (including phenoxy) is 2. The van der Waals surface area contributed by atoms with Gasteiger partial charge in [0.1, 0.15) is 28.9 Å². The van der Waals surface area contributed by atoms with Gasteiger partial charge < -0.3 is 29.9 Å². The van der Waals surface area contributed by atoms with Crippen molar-refractivity contribution in [2.24, 2.45) is 0 Å². The van der Waals surface area contributed by atoms with Crippen molar-refractivity contribution in [1.82, 2.24) is 20.3 Å². The Balaban J connectivity index is 0.000000771. The summed E-state index contributed by atoms with van der Waals surface area (Å²) in [5, 5.41) is 11.2. The third-order valence-electron chi connectivity index (χ3n) is 7.48. The van der Waals surface area contributed by atoms with Crippen molar-refractivity contribution in [3.63, 3.8) is 0 Å². The first-order chi connectivity index (χ1) is 22.3. The van der Waals surface area contributed by atoms with E-state index < -0.39 is 24.0 Å². The molecule has 0 aliphatic carbocycles. The van der Waals surface area contributed by atoms with E-state index in [1.807, 2.05) is 32.0 Å². The molecular weight excluding hydrogens is 624 g/mol. The lowest BCUT2D eigenvalue weighted by atomic mass is 10.0. The van der Waals surface area contributed by atoms with Gasteiger partial charge in [0.2, 0.25) is 5.91 Å². The molecule has 4 rings (SSSR count). The molecule has 1 unspecified atom stereocenters. The smallest absolute Gasteiger partial charge is 0.490 e. The summed E-state index contributed by atoms with van der Waals surface area (Å²) in [4.78, 5) is 45.0. The van der Waals surface area contributed by atoms with Gasteiger partial charge >= 0.3 is 12.1 Å². The number of unbranched alkanes of at least 4 members (excludes halogenated alkanes) is 2. The van der Waals surface area contributed by atoms with Gasteiger partial charge in [-0.25, -0.2) is 14.2 Å². The van der Waals surface area contributed by atoms with E-state index in [0.717, 1.165) is 47.2 Å². The number of H-pyrrole nitrogens is 2. The minimum atomic E-state index is -5.08. The Morgan fingerprint density at radius 2 is 1.66 bits per heavy atom. The van der Waals surface area contributed by atoms with E-state index in [4.69, 9.17) is 19.4 Å². The van der Waals surface area contributed by atoms with Crippen LogP contribution in [-0.4, -0.2) is 58.1 Å². The normalized spacial score (nSPS) is 11.8. The van der Waals surface area contributed by atoms with Crippen molar-refractivity contribution in [2.75, 3.05) is 14.2 Å². The number of benzene rings is 2. The van der Waals surface area contributed by atoms with Crippen molar-refractivity contribution < 1.29 is 46.5 Å². The first-order valence-corrected chi connectivity index (χ1v) is 14.9. The predicted molar refractivity (Wildman–Crippen MR) is 167 cm³/mol. The van der Waals surface area contributed by atoms with E-state index in [0.29, 0.717) is 42.1 Å². The van der Waals surface area contributed by atoms with Gasteiger partial charge in [0.25, 0.3) is 0 Å². The number of halogens is 4. The number of nitrogens with one attached hydrogen (secondary N) is 3. The Hall–Kier alpha value is -4.88. The number of amides is 1. The largest absolute Gasteiger partial charge is 0.497 e. The van der Waals surface area contributed by atoms with Crippen LogP contribution in [0.15, 0.2) is 42.6 Å². The molecule has 0 aliphatic rings. The molecule has 4 aromatic rings. The van der Waals surface area contributed by atoms with Crippen LogP contribution in [0, 0.1) is 12.7 Å². The summed E-state index contributed by atoms with van der Waals surface area (Å²) in [6.07, 6.45) is 0.900. The topological polar surface area (TPSA) is 146 Å². The quantitative estimate of drug-likeness (QED) is 0.0841. The summed E-state index contributed by atoms with van der Waals surface area (Å²) in [6.45, 7) is 3.83. The molecule has 2 heterocycles. The molecule has 254 valence electrons. The second kappa shape index (κ2) is 16.6. The summed E-state index contributed by atoms with van der Waals surface area (Å²) in [5.41, 5.74) is 3.65. The molecule has 0 bridgehead atoms. The van der Waals surface area contributed by atoms with Crippen molar-refractivity contribution in [3.05, 3.63) is 65.5 Å². The number of hydrogen-bond donors (Lipinski definition) is 4. The fourth-order valence-electron chi connectivity index (χ4n) is 4.92. The summed E-state index contributed by atoms with van der Waals surface area (Å²) >= 11 is 0. The van der Waals surface area contributed by atoms with Gasteiger partial charge in [0, 0.05) is 41.1 Å². The van der Waals surface area contributed by atoms with E-state index in [2.05, 4.69) is 20.3 Å². The number of aromatic amines is 2. The maximum absolute atomic E-state index is 14.7. The number of Topliss-reactive ketones (excluding diaryl/α,β-unsaturated/α-hetero) is 1. The average molecular weight is 663 g/mol. The molecule has 0 saturated heterocycles. The van der Waals surface area contributed by atoms with E-state index in [1.54, 1.807) is 25.4 Å². The first-order valence-electron chi connectivity index (χ1n) is 14.9. The maximum atomic E-state index is 14.7. The monoisotopic (exact) mass is 662 g/mol. The van der Waals surface area contributed by atoms with Crippen molar-refractivity contribution in [3.8, 4) is 22.8 Å². The van der Waals surface area contributed by atoms with Crippen LogP contribution in [0.1, 0.15) is 68.6 Å². The molecule has 10 nitrogen and oxygen atoms in total. The fraction of sp³-hybridized carbons (Fsp3) is 0.394. The van der Waals surface area contributed by atoms with Gasteiger partial charge in [0.05, 0.1) is 38.6 Å². The van der Waals surface area contributed by atoms with Crippen LogP contribution in [0.2, 0.25) is 0 Å². The van der Waals surface area contributed by atoms with E-state index in [1.165, 1.54) is 13.2 Å². The molecule has 2 aromatic carbocycles. The second-order valence-corrected chi connectivity index (χ2v) is 10.8. The standard InChI is InChI=1S/C31H37FN4O4.C2HF3O2/c1-5-20(37)9-7-6-8-10-28(31-33-18-29(36-31)23-13-11-22(40-4)16-26(23)32)35-30(38)17-24-19(2)34-27-14-12-21(39-3)15-25(24)27;3-2(4,5)1(6)7/h11-16,18,28,34H,5-10,17H2,1-4H3,(H,33,36)(H,35,38);(H,6,7). The second-order valence-electron chi connectivity index (χ2n) is 10.8. The highest BCUT2D eigenvalue weighted by atomic mass is 19.4. The minimum Gasteiger partial charge on any atom is -0.497 e. The van der Waals surface area contributed by atoms with Gasteiger partial charge in [-0.2, -0.15) is 13.2 Å². The Labute approximate surface area is 268 Å². The van der Waals surface area contributed by atoms with Gasteiger partial charge in [-0.1, -0.05) is 19.8 Å². The number of fused-ring (bicyclic) bond motifs is 1. The highest BCUT2D eigenvalue weighted by Crippen LogP contribution is 2.29. The summed E-state index contributed by atoms with van der Waals surface area (Å²) in [7, 11) is 3.10. The molecule has 0 aliphatic heterocycles. The predicted octanol–water partition coefficient (Wildman–Crippen LogP) is 6.99. The van der Waals surface area contributed by atoms with Crippen molar-refractivity contribution >= 4 is 28.6 Å². The number of hydrogen-bond acceptors (Lipinski definition) is 6. The molecule has 47 heavy (non-hydrogen) atoms. The van der Waals surface area contributed by atoms with Crippen LogP contribution in [-0.2, 0) is 20.8 Å². The lowest BCUT2D eigenvalue weighted by Crippen LogP contribution is -2.30. The van der Waals surface area contributed by atoms with Gasteiger partial charge in [-0.15, -0.1) is 0 Å². The van der Waals surface area contributed by atoms with Crippen LogP contribution in [0.5, 0.6) is 11.5 Å². The SMILES string of the molecule is CCC(=O)CCCCCC(NC(=O)Cc1c(C)[nH]c2ccc(OC)cc12)c1ncc(-c2ccc(OC)cc2F)[nH]1.O=C(O)C(F)(F)F. The third-order valence-corrected chi connectivity index (χ3v) is 7.48. The van der Waals surface area contributed by atoms with E-state index >= 15 is 0 Å². The molecule has 0 radical (unpaired) electrons. The number of carboxylic acids is 1. The molecular formula is C33H38F4N4O6. The van der Waals surface area contributed by atoms with E-state index in [-0.39, 0.29) is 18.1 Å². The highest BCUT2D eigenvalue weighted by molar-refractivity contribution is 5.91. The zero-order valence-electron chi connectivity index (χ0n) is 26.5. The molecule has 0 saturated carbocycles. The molecule has 0 spiro atoms. The number of carbonyl (C=O) groups excluding carboxylic acids is 2. The van der Waals surface area contributed by atoms with Crippen LogP contribution in [0.3, 0.4) is 0 Å². The van der Waals surface area contributed by atoms with E-state index in [9.17, 15) is 27.2 Å². The minimum absolute atomic E-state index is 0.147. The number of nitrogens with zero attached hydrogens (tertiary/aromatic N) is 1. The molecule has 1 amide bonds. The number of aryl methyl sites for hydroxylation is 1. The van der Waals surface area contributed by atoms with Crippen molar-refractivity contribution in [2.45, 2.75) is 71.0 Å². The molecule has 2 aromatic heterocycles. The summed E-state index contributed by atoms with van der Waals surface area (Å²) in [6, 6.07) is 10.0. The Morgan fingerprint density at radius 1 is 1.00 bits per heavy atom. The number of alkyl halides is 3. The molecule has 4 N–H and O–H groups in total. The van der Waals surface area contributed by atoms with Gasteiger partial charge in [-0.05, 0) is 55.7 Å². The Morgan fingerprint density at radius 3 is 2.28 bits per heavy atom. The molecule has 0 fully saturated rings. The Bertz CT molecular complexity index is 1680.